The van der Waals surface area contributed by atoms with E-state index in [0.717, 1.165) is 41.5 Å². The minimum atomic E-state index is -0.495. The van der Waals surface area contributed by atoms with Crippen molar-refractivity contribution in [1.29, 1.82) is 0 Å². The molecule has 0 aliphatic carbocycles. The van der Waals surface area contributed by atoms with Crippen molar-refractivity contribution < 1.29 is 28.3 Å². The fraction of sp³-hybridized carbons (Fsp3) is 0.304. The van der Waals surface area contributed by atoms with Crippen LogP contribution in [-0.4, -0.2) is 59.6 Å². The molecule has 1 aromatic heterocycles. The van der Waals surface area contributed by atoms with E-state index >= 15 is 0 Å². The Morgan fingerprint density at radius 1 is 1.06 bits per heavy atom. The van der Waals surface area contributed by atoms with Crippen molar-refractivity contribution in [2.75, 3.05) is 26.7 Å². The maximum absolute atomic E-state index is 12.7. The summed E-state index contributed by atoms with van der Waals surface area (Å²) < 4.78 is 10.5. The molecular formula is C23H22N2O6S. The summed E-state index contributed by atoms with van der Waals surface area (Å²) in [5, 5.41) is -0.461. The van der Waals surface area contributed by atoms with Crippen LogP contribution < -0.4 is 0 Å². The van der Waals surface area contributed by atoms with Gasteiger partial charge in [-0.05, 0) is 55.3 Å². The molecule has 2 fully saturated rings. The van der Waals surface area contributed by atoms with Crippen molar-refractivity contribution in [2.45, 2.75) is 19.3 Å². The van der Waals surface area contributed by atoms with E-state index in [0.29, 0.717) is 30.2 Å². The van der Waals surface area contributed by atoms with Gasteiger partial charge in [0.05, 0.1) is 17.6 Å². The van der Waals surface area contributed by atoms with Gasteiger partial charge in [0.1, 0.15) is 18.1 Å². The lowest BCUT2D eigenvalue weighted by atomic mass is 10.1. The number of carbonyl (C=O) groups is 4. The number of carbonyl (C=O) groups excluding carboxylic acids is 4. The first-order valence-electron chi connectivity index (χ1n) is 10.3. The van der Waals surface area contributed by atoms with E-state index in [1.807, 2.05) is 0 Å². The van der Waals surface area contributed by atoms with Crippen LogP contribution in [0, 0.1) is 0 Å². The monoisotopic (exact) mass is 454 g/mol. The normalized spacial score (nSPS) is 17.8. The molecule has 2 aliphatic rings. The first-order valence-corrected chi connectivity index (χ1v) is 11.1. The smallest absolute Gasteiger partial charge is 0.337 e. The molecule has 166 valence electrons. The number of ether oxygens (including phenoxy) is 1. The van der Waals surface area contributed by atoms with Crippen molar-refractivity contribution in [3.8, 4) is 11.3 Å². The highest BCUT2D eigenvalue weighted by Gasteiger charge is 2.37. The zero-order valence-corrected chi connectivity index (χ0v) is 18.4. The van der Waals surface area contributed by atoms with E-state index in [4.69, 9.17) is 4.42 Å². The Balaban J connectivity index is 1.44. The summed E-state index contributed by atoms with van der Waals surface area (Å²) in [6.45, 7) is 1.10. The zero-order chi connectivity index (χ0) is 22.7. The molecule has 0 N–H and O–H groups in total. The van der Waals surface area contributed by atoms with Gasteiger partial charge in [-0.1, -0.05) is 12.1 Å². The second kappa shape index (κ2) is 9.44. The molecule has 2 aliphatic heterocycles. The third-order valence-corrected chi connectivity index (χ3v) is 6.27. The highest BCUT2D eigenvalue weighted by Crippen LogP contribution is 2.33. The number of piperidine rings is 1. The van der Waals surface area contributed by atoms with Crippen LogP contribution in [0.4, 0.5) is 4.79 Å². The number of esters is 1. The van der Waals surface area contributed by atoms with Crippen LogP contribution >= 0.6 is 11.8 Å². The molecule has 2 saturated heterocycles. The average molecular weight is 455 g/mol. The van der Waals surface area contributed by atoms with Crippen LogP contribution in [0.1, 0.15) is 35.4 Å². The van der Waals surface area contributed by atoms with Gasteiger partial charge in [0.15, 0.2) is 0 Å². The van der Waals surface area contributed by atoms with Crippen LogP contribution in [-0.2, 0) is 14.3 Å². The molecule has 0 spiro atoms. The summed E-state index contributed by atoms with van der Waals surface area (Å²) >= 11 is 0.794. The van der Waals surface area contributed by atoms with E-state index in [-0.39, 0.29) is 17.4 Å². The number of hydrogen-bond acceptors (Lipinski definition) is 7. The van der Waals surface area contributed by atoms with Crippen LogP contribution in [0.3, 0.4) is 0 Å². The predicted molar refractivity (Wildman–Crippen MR) is 119 cm³/mol. The van der Waals surface area contributed by atoms with Gasteiger partial charge in [0, 0.05) is 24.7 Å². The van der Waals surface area contributed by atoms with E-state index in [2.05, 4.69) is 4.74 Å². The maximum atomic E-state index is 12.7. The Kier molecular flexibility index (Phi) is 6.45. The van der Waals surface area contributed by atoms with Crippen molar-refractivity contribution in [3.63, 3.8) is 0 Å². The Morgan fingerprint density at radius 2 is 1.78 bits per heavy atom. The number of methoxy groups -OCH3 is 1. The number of nitrogens with zero attached hydrogens (tertiary/aromatic N) is 2. The van der Waals surface area contributed by atoms with Gasteiger partial charge in [0.2, 0.25) is 5.91 Å². The number of amides is 3. The minimum Gasteiger partial charge on any atom is -0.465 e. The summed E-state index contributed by atoms with van der Waals surface area (Å²) in [6.07, 6.45) is 4.48. The highest BCUT2D eigenvalue weighted by molar-refractivity contribution is 8.18. The molecule has 8 nitrogen and oxygen atoms in total. The molecule has 9 heteroatoms. The topological polar surface area (TPSA) is 97.1 Å². The summed E-state index contributed by atoms with van der Waals surface area (Å²) in [5.74, 6) is -0.169. The number of rotatable bonds is 5. The zero-order valence-electron chi connectivity index (χ0n) is 17.5. The van der Waals surface area contributed by atoms with E-state index < -0.39 is 17.1 Å². The standard InChI is InChI=1S/C23H22N2O6S/c1-30-22(28)16-7-5-15(6-8-16)18-10-9-17(31-18)13-19-21(27)25(23(29)32-19)14-20(26)24-11-3-2-4-12-24/h5-10,13H,2-4,11-12,14H2,1H3/b19-13-. The number of likely N-dealkylation sites (tertiary alicyclic amines) is 1. The average Bonchev–Trinajstić information content (AvgIpc) is 3.39. The Morgan fingerprint density at radius 3 is 2.47 bits per heavy atom. The van der Waals surface area contributed by atoms with Crippen LogP contribution in [0.15, 0.2) is 45.7 Å². The summed E-state index contributed by atoms with van der Waals surface area (Å²) in [5.41, 5.74) is 1.17. The lowest BCUT2D eigenvalue weighted by molar-refractivity contribution is -0.136. The third-order valence-electron chi connectivity index (χ3n) is 5.37. The predicted octanol–water partition coefficient (Wildman–Crippen LogP) is 3.78. The fourth-order valence-corrected chi connectivity index (χ4v) is 4.44. The number of furan rings is 1. The van der Waals surface area contributed by atoms with Gasteiger partial charge in [-0.25, -0.2) is 4.79 Å². The van der Waals surface area contributed by atoms with Crippen LogP contribution in [0.25, 0.3) is 17.4 Å². The van der Waals surface area contributed by atoms with E-state index in [1.165, 1.54) is 13.2 Å². The maximum Gasteiger partial charge on any atom is 0.337 e. The molecule has 3 amide bonds. The van der Waals surface area contributed by atoms with Crippen LogP contribution in [0.5, 0.6) is 0 Å². The van der Waals surface area contributed by atoms with E-state index in [9.17, 15) is 19.2 Å². The summed E-state index contributed by atoms with van der Waals surface area (Å²) in [6, 6.07) is 10.2. The first-order chi connectivity index (χ1) is 15.5. The first kappa shape index (κ1) is 21.9. The van der Waals surface area contributed by atoms with Crippen molar-refractivity contribution in [1.82, 2.24) is 9.80 Å². The van der Waals surface area contributed by atoms with Gasteiger partial charge in [-0.15, -0.1) is 0 Å². The lowest BCUT2D eigenvalue weighted by Crippen LogP contribution is -2.44. The number of thioether (sulfide) groups is 1. The minimum absolute atomic E-state index is 0.205. The fourth-order valence-electron chi connectivity index (χ4n) is 3.62. The SMILES string of the molecule is COC(=O)c1ccc(-c2ccc(/C=C3\SC(=O)N(CC(=O)N4CCCCC4)C3=O)o2)cc1. The Labute approximate surface area is 189 Å². The molecule has 32 heavy (non-hydrogen) atoms. The lowest BCUT2D eigenvalue weighted by Gasteiger charge is -2.27. The second-order valence-corrected chi connectivity index (χ2v) is 8.47. The molecular weight excluding hydrogens is 432 g/mol. The molecule has 0 radical (unpaired) electrons. The van der Waals surface area contributed by atoms with Gasteiger partial charge >= 0.3 is 5.97 Å². The summed E-state index contributed by atoms with van der Waals surface area (Å²) in [7, 11) is 1.32. The third kappa shape index (κ3) is 4.62. The quantitative estimate of drug-likeness (QED) is 0.501. The number of imide groups is 1. The van der Waals surface area contributed by atoms with Crippen molar-refractivity contribution in [3.05, 3.63) is 52.6 Å². The van der Waals surface area contributed by atoms with Crippen molar-refractivity contribution >= 4 is 40.9 Å². The number of hydrogen-bond donors (Lipinski definition) is 0. The van der Waals surface area contributed by atoms with Gasteiger partial charge < -0.3 is 14.1 Å². The molecule has 1 aromatic carbocycles. The largest absolute Gasteiger partial charge is 0.465 e. The summed E-state index contributed by atoms with van der Waals surface area (Å²) in [4.78, 5) is 52.0. The molecule has 2 aromatic rings. The van der Waals surface area contributed by atoms with Crippen LogP contribution in [0.2, 0.25) is 0 Å². The second-order valence-electron chi connectivity index (χ2n) is 7.48. The molecule has 0 atom stereocenters. The van der Waals surface area contributed by atoms with E-state index in [1.54, 1.807) is 41.3 Å². The molecule has 3 heterocycles. The van der Waals surface area contributed by atoms with Crippen molar-refractivity contribution in [2.24, 2.45) is 0 Å². The Hall–Kier alpha value is -3.33. The molecule has 0 saturated carbocycles. The Bertz CT molecular complexity index is 1080. The van der Waals surface area contributed by atoms with Gasteiger partial charge in [-0.3, -0.25) is 19.3 Å². The molecule has 0 unspecified atom stereocenters. The molecule has 4 rings (SSSR count). The highest BCUT2D eigenvalue weighted by atomic mass is 32.2. The molecule has 0 bridgehead atoms. The number of benzene rings is 1. The van der Waals surface area contributed by atoms with Gasteiger partial charge in [-0.2, -0.15) is 0 Å². The van der Waals surface area contributed by atoms with Gasteiger partial charge in [0.25, 0.3) is 11.1 Å².